The van der Waals surface area contributed by atoms with Crippen molar-refractivity contribution in [1.29, 1.82) is 0 Å². The summed E-state index contributed by atoms with van der Waals surface area (Å²) in [7, 11) is 0. The van der Waals surface area contributed by atoms with Crippen LogP contribution in [0.1, 0.15) is 24.6 Å². The van der Waals surface area contributed by atoms with Crippen LogP contribution in [0.2, 0.25) is 0 Å². The molecule has 0 aromatic carbocycles. The maximum Gasteiger partial charge on any atom is 0.219 e. The lowest BCUT2D eigenvalue weighted by Crippen LogP contribution is -1.96. The van der Waals surface area contributed by atoms with E-state index in [4.69, 9.17) is 9.84 Å². The molecule has 0 saturated carbocycles. The van der Waals surface area contributed by atoms with Crippen molar-refractivity contribution in [3.8, 4) is 11.6 Å². The van der Waals surface area contributed by atoms with Gasteiger partial charge in [-0.2, -0.15) is 5.10 Å². The second kappa shape index (κ2) is 5.64. The minimum Gasteiger partial charge on any atom is -0.436 e. The van der Waals surface area contributed by atoms with Crippen LogP contribution in [0, 0.1) is 6.92 Å². The van der Waals surface area contributed by atoms with E-state index < -0.39 is 0 Å². The quantitative estimate of drug-likeness (QED) is 0.880. The summed E-state index contributed by atoms with van der Waals surface area (Å²) in [6.45, 7) is 4.81. The highest BCUT2D eigenvalue weighted by molar-refractivity contribution is 5.27. The molecule has 96 valence electrons. The second-order valence-electron chi connectivity index (χ2n) is 4.09. The number of aryl methyl sites for hydroxylation is 2. The third-order valence-corrected chi connectivity index (χ3v) is 2.62. The van der Waals surface area contributed by atoms with E-state index in [1.54, 1.807) is 12.3 Å². The maximum absolute atomic E-state index is 9.07. The van der Waals surface area contributed by atoms with Crippen LogP contribution in [0.3, 0.4) is 0 Å². The van der Waals surface area contributed by atoms with Crippen LogP contribution in [0.25, 0.3) is 0 Å². The van der Waals surface area contributed by atoms with Crippen molar-refractivity contribution >= 4 is 0 Å². The van der Waals surface area contributed by atoms with Crippen LogP contribution in [0.4, 0.5) is 0 Å². The first kappa shape index (κ1) is 12.6. The Morgan fingerprint density at radius 3 is 2.89 bits per heavy atom. The summed E-state index contributed by atoms with van der Waals surface area (Å²) in [6, 6.07) is 3.56. The number of rotatable bonds is 5. The molecule has 0 aliphatic rings. The van der Waals surface area contributed by atoms with Gasteiger partial charge in [0, 0.05) is 18.3 Å². The molecule has 18 heavy (non-hydrogen) atoms. The molecular formula is C13H17N3O2. The lowest BCUT2D eigenvalue weighted by Gasteiger charge is -2.05. The van der Waals surface area contributed by atoms with Crippen LogP contribution < -0.4 is 4.74 Å². The Hall–Kier alpha value is -1.88. The molecule has 0 aliphatic heterocycles. The molecule has 1 N–H and O–H groups in total. The van der Waals surface area contributed by atoms with Gasteiger partial charge in [0.15, 0.2) is 5.75 Å². The van der Waals surface area contributed by atoms with E-state index in [1.807, 2.05) is 23.9 Å². The predicted octanol–water partition coefficient (Wildman–Crippen LogP) is 2.28. The van der Waals surface area contributed by atoms with Gasteiger partial charge in [-0.05, 0) is 25.0 Å². The zero-order chi connectivity index (χ0) is 13.0. The first-order valence-electron chi connectivity index (χ1n) is 6.00. The molecule has 5 nitrogen and oxygen atoms in total. The molecule has 0 fully saturated rings. The predicted molar refractivity (Wildman–Crippen MR) is 67.5 cm³/mol. The largest absolute Gasteiger partial charge is 0.436 e. The van der Waals surface area contributed by atoms with Crippen LogP contribution in [0.5, 0.6) is 11.6 Å². The van der Waals surface area contributed by atoms with Crippen molar-refractivity contribution in [3.05, 3.63) is 35.8 Å². The lowest BCUT2D eigenvalue weighted by atomic mass is 10.2. The van der Waals surface area contributed by atoms with E-state index in [1.165, 1.54) is 0 Å². The summed E-state index contributed by atoms with van der Waals surface area (Å²) in [5.41, 5.74) is 1.58. The van der Waals surface area contributed by atoms with Crippen molar-refractivity contribution in [1.82, 2.24) is 14.8 Å². The minimum atomic E-state index is -0.00640. The van der Waals surface area contributed by atoms with Gasteiger partial charge in [0.1, 0.15) is 0 Å². The number of aliphatic hydroxyl groups is 1. The Bertz CT molecular complexity index is 523. The topological polar surface area (TPSA) is 60.2 Å². The molecule has 0 unspecified atom stereocenters. The van der Waals surface area contributed by atoms with E-state index in [0.717, 1.165) is 24.2 Å². The van der Waals surface area contributed by atoms with E-state index in [-0.39, 0.29) is 6.61 Å². The summed E-state index contributed by atoms with van der Waals surface area (Å²) < 4.78 is 7.45. The zero-order valence-corrected chi connectivity index (χ0v) is 10.6. The van der Waals surface area contributed by atoms with Crippen molar-refractivity contribution in [2.45, 2.75) is 33.4 Å². The Morgan fingerprint density at radius 2 is 2.22 bits per heavy atom. The molecule has 5 heteroatoms. The highest BCUT2D eigenvalue weighted by Gasteiger charge is 2.04. The second-order valence-corrected chi connectivity index (χ2v) is 4.09. The van der Waals surface area contributed by atoms with Crippen molar-refractivity contribution in [2.75, 3.05) is 0 Å². The fraction of sp³-hybridized carbons (Fsp3) is 0.385. The van der Waals surface area contributed by atoms with Gasteiger partial charge in [-0.1, -0.05) is 6.92 Å². The SMILES string of the molecule is CCCn1cc(Oc2ccc(CO)c(C)n2)cn1. The molecule has 0 saturated heterocycles. The number of hydrogen-bond donors (Lipinski definition) is 1. The number of aromatic nitrogens is 3. The van der Waals surface area contributed by atoms with Crippen LogP contribution >= 0.6 is 0 Å². The monoisotopic (exact) mass is 247 g/mol. The molecule has 0 amide bonds. The molecule has 0 atom stereocenters. The van der Waals surface area contributed by atoms with Gasteiger partial charge in [-0.3, -0.25) is 4.68 Å². The molecule has 0 spiro atoms. The van der Waals surface area contributed by atoms with Gasteiger partial charge in [0.25, 0.3) is 0 Å². The fourth-order valence-corrected chi connectivity index (χ4v) is 1.66. The number of hydrogen-bond acceptors (Lipinski definition) is 4. The molecule has 0 bridgehead atoms. The Balaban J connectivity index is 2.10. The minimum absolute atomic E-state index is 0.00640. The number of aliphatic hydroxyl groups excluding tert-OH is 1. The summed E-state index contributed by atoms with van der Waals surface area (Å²) in [5.74, 6) is 1.19. The summed E-state index contributed by atoms with van der Waals surface area (Å²) in [4.78, 5) is 4.28. The van der Waals surface area contributed by atoms with Crippen molar-refractivity contribution in [3.63, 3.8) is 0 Å². The van der Waals surface area contributed by atoms with E-state index >= 15 is 0 Å². The van der Waals surface area contributed by atoms with Gasteiger partial charge < -0.3 is 9.84 Å². The zero-order valence-electron chi connectivity index (χ0n) is 10.6. The van der Waals surface area contributed by atoms with Crippen molar-refractivity contribution in [2.24, 2.45) is 0 Å². The Morgan fingerprint density at radius 1 is 1.39 bits per heavy atom. The molecule has 2 aromatic heterocycles. The van der Waals surface area contributed by atoms with E-state index in [0.29, 0.717) is 11.6 Å². The number of nitrogens with zero attached hydrogens (tertiary/aromatic N) is 3. The lowest BCUT2D eigenvalue weighted by molar-refractivity contribution is 0.280. The van der Waals surface area contributed by atoms with Crippen LogP contribution in [-0.4, -0.2) is 19.9 Å². The van der Waals surface area contributed by atoms with Gasteiger partial charge in [-0.25, -0.2) is 4.98 Å². The molecular weight excluding hydrogens is 230 g/mol. The number of pyridine rings is 1. The molecule has 2 aromatic rings. The third kappa shape index (κ3) is 2.87. The average molecular weight is 247 g/mol. The normalized spacial score (nSPS) is 10.6. The first-order chi connectivity index (χ1) is 8.72. The van der Waals surface area contributed by atoms with Crippen LogP contribution in [0.15, 0.2) is 24.5 Å². The summed E-state index contributed by atoms with van der Waals surface area (Å²) in [6.07, 6.45) is 4.55. The van der Waals surface area contributed by atoms with Gasteiger partial charge >= 0.3 is 0 Å². The first-order valence-corrected chi connectivity index (χ1v) is 6.00. The Kier molecular flexibility index (Phi) is 3.94. The summed E-state index contributed by atoms with van der Waals surface area (Å²) >= 11 is 0. The highest BCUT2D eigenvalue weighted by Crippen LogP contribution is 2.20. The number of ether oxygens (including phenoxy) is 1. The Labute approximate surface area is 106 Å². The maximum atomic E-state index is 9.07. The molecule has 0 radical (unpaired) electrons. The standard InChI is InChI=1S/C13H17N3O2/c1-3-6-16-8-12(7-14-16)18-13-5-4-11(9-17)10(2)15-13/h4-5,7-8,17H,3,6,9H2,1-2H3. The van der Waals surface area contributed by atoms with Gasteiger partial charge in [0.05, 0.1) is 19.0 Å². The smallest absolute Gasteiger partial charge is 0.219 e. The van der Waals surface area contributed by atoms with Crippen molar-refractivity contribution < 1.29 is 9.84 Å². The van der Waals surface area contributed by atoms with Crippen LogP contribution in [-0.2, 0) is 13.2 Å². The average Bonchev–Trinajstić information content (AvgIpc) is 2.77. The molecule has 2 heterocycles. The van der Waals surface area contributed by atoms with Gasteiger partial charge in [0.2, 0.25) is 5.88 Å². The highest BCUT2D eigenvalue weighted by atomic mass is 16.5. The summed E-state index contributed by atoms with van der Waals surface area (Å²) in [5, 5.41) is 13.2. The van der Waals surface area contributed by atoms with E-state index in [9.17, 15) is 0 Å². The van der Waals surface area contributed by atoms with E-state index in [2.05, 4.69) is 17.0 Å². The fourth-order valence-electron chi connectivity index (χ4n) is 1.66. The third-order valence-electron chi connectivity index (χ3n) is 2.62. The molecule has 0 aliphatic carbocycles. The molecule has 2 rings (SSSR count). The van der Waals surface area contributed by atoms with Gasteiger partial charge in [-0.15, -0.1) is 0 Å².